The average molecular weight is 288 g/mol. The Labute approximate surface area is 125 Å². The molecule has 0 aliphatic rings. The Bertz CT molecular complexity index is 646. The fourth-order valence-electron chi connectivity index (χ4n) is 1.90. The Morgan fingerprint density at radius 2 is 1.52 bits per heavy atom. The third-order valence-corrected chi connectivity index (χ3v) is 4.01. The summed E-state index contributed by atoms with van der Waals surface area (Å²) in [6, 6.07) is 10.4. The monoisotopic (exact) mass is 288 g/mol. The van der Waals surface area contributed by atoms with E-state index in [1.54, 1.807) is 58.0 Å². The highest BCUT2D eigenvalue weighted by Gasteiger charge is 2.39. The van der Waals surface area contributed by atoms with Crippen LogP contribution >= 0.6 is 0 Å². The predicted octanol–water partition coefficient (Wildman–Crippen LogP) is 1.80. The number of phenols is 1. The van der Waals surface area contributed by atoms with Crippen molar-refractivity contribution in [2.24, 2.45) is 0 Å². The quantitative estimate of drug-likeness (QED) is 0.750. The Morgan fingerprint density at radius 3 is 2.14 bits per heavy atom. The summed E-state index contributed by atoms with van der Waals surface area (Å²) < 4.78 is 5.62. The maximum Gasteiger partial charge on any atom is 0.491 e. The topological polar surface area (TPSA) is 69.9 Å². The highest BCUT2D eigenvalue weighted by atomic mass is 16.5. The molecule has 0 fully saturated rings. The summed E-state index contributed by atoms with van der Waals surface area (Å²) >= 11 is 0. The maximum atomic E-state index is 10.3. The number of hydrogen-bond donors (Lipinski definition) is 3. The van der Waals surface area contributed by atoms with Crippen molar-refractivity contribution < 1.29 is 19.9 Å². The van der Waals surface area contributed by atoms with Gasteiger partial charge in [0.15, 0.2) is 0 Å². The van der Waals surface area contributed by atoms with Gasteiger partial charge in [-0.2, -0.15) is 0 Å². The van der Waals surface area contributed by atoms with E-state index in [0.717, 1.165) is 10.8 Å². The number of aromatic hydroxyl groups is 1. The van der Waals surface area contributed by atoms with Crippen LogP contribution in [-0.4, -0.2) is 33.6 Å². The number of phenolic OH excluding ortho intramolecular Hbond substituents is 1. The van der Waals surface area contributed by atoms with Crippen LogP contribution < -0.4 is 5.46 Å². The van der Waals surface area contributed by atoms with Crippen molar-refractivity contribution in [1.29, 1.82) is 0 Å². The minimum atomic E-state index is -1.13. The summed E-state index contributed by atoms with van der Waals surface area (Å²) in [5.41, 5.74) is -1.39. The Kier molecular flexibility index (Phi) is 4.02. The fraction of sp³-hybridized carbons (Fsp3) is 0.375. The van der Waals surface area contributed by atoms with Crippen molar-refractivity contribution in [1.82, 2.24) is 0 Å². The lowest BCUT2D eigenvalue weighted by atomic mass is 9.76. The van der Waals surface area contributed by atoms with Crippen molar-refractivity contribution in [3.8, 4) is 5.75 Å². The lowest BCUT2D eigenvalue weighted by molar-refractivity contribution is -0.0982. The first kappa shape index (κ1) is 15.8. The second kappa shape index (κ2) is 5.33. The molecule has 112 valence electrons. The van der Waals surface area contributed by atoms with E-state index < -0.39 is 18.3 Å². The van der Waals surface area contributed by atoms with Gasteiger partial charge in [-0.3, -0.25) is 0 Å². The van der Waals surface area contributed by atoms with Crippen LogP contribution in [0.3, 0.4) is 0 Å². The molecule has 0 aromatic heterocycles. The molecule has 2 aromatic rings. The normalized spacial score (nSPS) is 12.7. The van der Waals surface area contributed by atoms with Gasteiger partial charge in [-0.05, 0) is 56.1 Å². The first-order valence-corrected chi connectivity index (χ1v) is 6.91. The molecule has 0 aliphatic heterocycles. The van der Waals surface area contributed by atoms with Gasteiger partial charge in [-0.15, -0.1) is 0 Å². The van der Waals surface area contributed by atoms with Crippen molar-refractivity contribution in [3.63, 3.8) is 0 Å². The highest BCUT2D eigenvalue weighted by Crippen LogP contribution is 2.25. The van der Waals surface area contributed by atoms with E-state index in [0.29, 0.717) is 5.46 Å². The van der Waals surface area contributed by atoms with Crippen LogP contribution in [0.1, 0.15) is 27.7 Å². The van der Waals surface area contributed by atoms with Crippen LogP contribution in [0.25, 0.3) is 10.8 Å². The van der Waals surface area contributed by atoms with Crippen molar-refractivity contribution >= 4 is 23.4 Å². The zero-order valence-corrected chi connectivity index (χ0v) is 12.8. The van der Waals surface area contributed by atoms with E-state index in [4.69, 9.17) is 4.65 Å². The summed E-state index contributed by atoms with van der Waals surface area (Å²) in [6.07, 6.45) is 0. The molecule has 21 heavy (non-hydrogen) atoms. The Morgan fingerprint density at radius 1 is 0.952 bits per heavy atom. The standard InChI is InChI=1S/C16H21BO4/c1-15(2,19)16(3,4)21-17(20)13-7-5-12-10-14(18)8-6-11(12)9-13/h5-10,18-20H,1-4H3. The molecule has 0 spiro atoms. The molecule has 0 aliphatic carbocycles. The maximum absolute atomic E-state index is 10.3. The molecule has 4 nitrogen and oxygen atoms in total. The average Bonchev–Trinajstić information content (AvgIpc) is 2.36. The molecule has 0 bridgehead atoms. The van der Waals surface area contributed by atoms with E-state index >= 15 is 0 Å². The summed E-state index contributed by atoms with van der Waals surface area (Å²) in [5.74, 6) is 0.204. The molecule has 0 amide bonds. The molecule has 0 atom stereocenters. The van der Waals surface area contributed by atoms with E-state index in [-0.39, 0.29) is 5.75 Å². The minimum Gasteiger partial charge on any atom is -0.508 e. The third-order valence-electron chi connectivity index (χ3n) is 4.01. The van der Waals surface area contributed by atoms with Gasteiger partial charge in [0.1, 0.15) is 5.75 Å². The van der Waals surface area contributed by atoms with Gasteiger partial charge in [-0.25, -0.2) is 0 Å². The summed E-state index contributed by atoms with van der Waals surface area (Å²) in [6.45, 7) is 6.75. The third kappa shape index (κ3) is 3.37. The van der Waals surface area contributed by atoms with Gasteiger partial charge >= 0.3 is 7.12 Å². The van der Waals surface area contributed by atoms with E-state index in [1.165, 1.54) is 0 Å². The lowest BCUT2D eigenvalue weighted by Gasteiger charge is -2.38. The number of aliphatic hydroxyl groups is 1. The molecule has 0 radical (unpaired) electrons. The van der Waals surface area contributed by atoms with Crippen molar-refractivity contribution in [2.75, 3.05) is 0 Å². The summed E-state index contributed by atoms with van der Waals surface area (Å²) in [4.78, 5) is 0. The Hall–Kier alpha value is -1.56. The highest BCUT2D eigenvalue weighted by molar-refractivity contribution is 6.60. The van der Waals surface area contributed by atoms with Crippen LogP contribution in [-0.2, 0) is 4.65 Å². The van der Waals surface area contributed by atoms with Gasteiger partial charge in [0.05, 0.1) is 11.2 Å². The largest absolute Gasteiger partial charge is 0.508 e. The molecular formula is C16H21BO4. The van der Waals surface area contributed by atoms with Gasteiger partial charge in [0, 0.05) is 0 Å². The second-order valence-electron chi connectivity index (χ2n) is 6.33. The van der Waals surface area contributed by atoms with Gasteiger partial charge in [0.25, 0.3) is 0 Å². The molecule has 0 saturated carbocycles. The number of fused-ring (bicyclic) bond motifs is 1. The predicted molar refractivity (Wildman–Crippen MR) is 84.7 cm³/mol. The van der Waals surface area contributed by atoms with Crippen LogP contribution in [0.2, 0.25) is 0 Å². The number of rotatable bonds is 4. The minimum absolute atomic E-state index is 0.204. The van der Waals surface area contributed by atoms with Crippen LogP contribution in [0.4, 0.5) is 0 Å². The van der Waals surface area contributed by atoms with Crippen LogP contribution in [0.15, 0.2) is 36.4 Å². The first-order chi connectivity index (χ1) is 9.60. The molecular weight excluding hydrogens is 267 g/mol. The SMILES string of the molecule is CC(C)(O)C(C)(C)OB(O)c1ccc2cc(O)ccc2c1. The lowest BCUT2D eigenvalue weighted by Crippen LogP contribution is -2.53. The second-order valence-corrected chi connectivity index (χ2v) is 6.33. The van der Waals surface area contributed by atoms with Crippen LogP contribution in [0, 0.1) is 0 Å². The van der Waals surface area contributed by atoms with Crippen molar-refractivity contribution in [3.05, 3.63) is 36.4 Å². The fourth-order valence-corrected chi connectivity index (χ4v) is 1.90. The zero-order valence-electron chi connectivity index (χ0n) is 12.8. The summed E-state index contributed by atoms with van der Waals surface area (Å²) in [7, 11) is -1.13. The number of benzene rings is 2. The molecule has 0 unspecified atom stereocenters. The van der Waals surface area contributed by atoms with E-state index in [2.05, 4.69) is 0 Å². The van der Waals surface area contributed by atoms with Gasteiger partial charge in [0.2, 0.25) is 0 Å². The first-order valence-electron chi connectivity index (χ1n) is 6.91. The van der Waals surface area contributed by atoms with Gasteiger partial charge < -0.3 is 19.9 Å². The van der Waals surface area contributed by atoms with E-state index in [9.17, 15) is 15.2 Å². The van der Waals surface area contributed by atoms with Crippen LogP contribution in [0.5, 0.6) is 5.75 Å². The van der Waals surface area contributed by atoms with Crippen molar-refractivity contribution in [2.45, 2.75) is 38.9 Å². The molecule has 2 aromatic carbocycles. The van der Waals surface area contributed by atoms with Gasteiger partial charge in [-0.1, -0.05) is 24.3 Å². The molecule has 0 heterocycles. The van der Waals surface area contributed by atoms with E-state index in [1.807, 2.05) is 6.07 Å². The molecule has 5 heteroatoms. The number of hydrogen-bond acceptors (Lipinski definition) is 4. The molecule has 2 rings (SSSR count). The molecule has 0 saturated heterocycles. The Balaban J connectivity index is 2.28. The summed E-state index contributed by atoms with van der Waals surface area (Å²) in [5, 5.41) is 31.6. The smallest absolute Gasteiger partial charge is 0.491 e. The molecule has 3 N–H and O–H groups in total. The zero-order chi connectivity index (χ0) is 15.8.